The van der Waals surface area contributed by atoms with Crippen molar-refractivity contribution in [3.05, 3.63) is 130 Å². The molecule has 0 spiro atoms. The van der Waals surface area contributed by atoms with Gasteiger partial charge in [-0.2, -0.15) is 0 Å². The topological polar surface area (TPSA) is 109 Å². The number of aromatic amines is 1. The van der Waals surface area contributed by atoms with Crippen LogP contribution >= 0.6 is 34.8 Å². The molecule has 3 N–H and O–H groups in total. The number of benzene rings is 4. The largest absolute Gasteiger partial charge is 0.392 e. The number of amides is 1. The third-order valence-corrected chi connectivity index (χ3v) is 10.8. The number of likely N-dealkylation sites (tertiary alicyclic amines) is 1. The number of para-hydroxylation sites is 2. The number of aromatic nitrogens is 2. The maximum Gasteiger partial charge on any atom is 0.326 e. The van der Waals surface area contributed by atoms with Crippen LogP contribution in [0.15, 0.2) is 102 Å². The van der Waals surface area contributed by atoms with E-state index in [4.69, 9.17) is 44.3 Å². The highest BCUT2D eigenvalue weighted by Gasteiger charge is 2.40. The fourth-order valence-electron chi connectivity index (χ4n) is 7.43. The molecule has 3 heterocycles. The van der Waals surface area contributed by atoms with E-state index in [2.05, 4.69) is 22.1 Å². The number of H-pyrrole nitrogens is 1. The standard InChI is InChI=1S/C40H41Cl3N4O5/c1-25-35(23-46-20-18-31(19-21-46)47-34-9-5-4-8-33(34)45-39(47)50)51-37(52-36(25)28-12-10-26(24-48)11-13-28)29-16-14-27(15-17-29)32-7-3-2-6-30(32)22-44-38(49)40(41,42)43/h2-17,25,31,35-37,48H,18-24H2,1H3,(H,44,49)(H,45,50)/t25-,35+,36+,37+/m1/s1. The van der Waals surface area contributed by atoms with Crippen molar-refractivity contribution in [2.75, 3.05) is 19.6 Å². The highest BCUT2D eigenvalue weighted by Crippen LogP contribution is 2.42. The van der Waals surface area contributed by atoms with Gasteiger partial charge in [-0.1, -0.05) is 127 Å². The summed E-state index contributed by atoms with van der Waals surface area (Å²) in [5, 5.41) is 12.3. The SMILES string of the molecule is C[C@@H]1[C@H](CN2CCC(n3c(=O)[nH]c4ccccc43)CC2)O[C@H](c2ccc(-c3ccccc3CNC(=O)C(Cl)(Cl)Cl)cc2)O[C@@H]1c1ccc(CO)cc1. The van der Waals surface area contributed by atoms with Crippen molar-refractivity contribution < 1.29 is 19.4 Å². The second-order valence-electron chi connectivity index (χ2n) is 13.6. The molecular formula is C40H41Cl3N4O5. The molecule has 5 aromatic rings. The number of ether oxygens (including phenoxy) is 2. The Morgan fingerprint density at radius 1 is 0.904 bits per heavy atom. The number of hydrogen-bond acceptors (Lipinski definition) is 6. The molecule has 9 nitrogen and oxygen atoms in total. The molecule has 4 atom stereocenters. The van der Waals surface area contributed by atoms with E-state index in [9.17, 15) is 14.7 Å². The van der Waals surface area contributed by atoms with E-state index in [1.165, 1.54) is 0 Å². The number of carbonyl (C=O) groups excluding carboxylic acids is 1. The van der Waals surface area contributed by atoms with E-state index in [0.29, 0.717) is 0 Å². The van der Waals surface area contributed by atoms with E-state index in [0.717, 1.165) is 76.9 Å². The molecule has 52 heavy (non-hydrogen) atoms. The van der Waals surface area contributed by atoms with Gasteiger partial charge in [0.15, 0.2) is 6.29 Å². The highest BCUT2D eigenvalue weighted by atomic mass is 35.6. The smallest absolute Gasteiger partial charge is 0.326 e. The molecule has 0 bridgehead atoms. The highest BCUT2D eigenvalue weighted by molar-refractivity contribution is 6.76. The summed E-state index contributed by atoms with van der Waals surface area (Å²) < 4.78 is 13.4. The van der Waals surface area contributed by atoms with Gasteiger partial charge in [0, 0.05) is 43.7 Å². The molecular weight excluding hydrogens is 723 g/mol. The molecule has 2 aliphatic rings. The Hall–Kier alpha value is -3.67. The summed E-state index contributed by atoms with van der Waals surface area (Å²) in [5.74, 6) is -0.646. The van der Waals surface area contributed by atoms with Crippen LogP contribution in [0.2, 0.25) is 0 Å². The molecule has 0 radical (unpaired) electrons. The second-order valence-corrected chi connectivity index (χ2v) is 15.9. The van der Waals surface area contributed by atoms with Gasteiger partial charge in [0.1, 0.15) is 0 Å². The van der Waals surface area contributed by atoms with Crippen molar-refractivity contribution in [3.8, 4) is 11.1 Å². The van der Waals surface area contributed by atoms with Gasteiger partial charge in [0.25, 0.3) is 9.70 Å². The van der Waals surface area contributed by atoms with Gasteiger partial charge in [-0.15, -0.1) is 0 Å². The number of nitrogens with one attached hydrogen (secondary N) is 2. The minimum absolute atomic E-state index is 0.0227. The van der Waals surface area contributed by atoms with Gasteiger partial charge in [-0.25, -0.2) is 4.79 Å². The Balaban J connectivity index is 1.09. The molecule has 0 saturated carbocycles. The number of fused-ring (bicyclic) bond motifs is 1. The van der Waals surface area contributed by atoms with Crippen molar-refractivity contribution in [2.45, 2.75) is 61.2 Å². The molecule has 1 amide bonds. The number of rotatable bonds is 9. The molecule has 12 heteroatoms. The van der Waals surface area contributed by atoms with Gasteiger partial charge in [-0.05, 0) is 52.8 Å². The van der Waals surface area contributed by atoms with Gasteiger partial charge >= 0.3 is 5.69 Å². The van der Waals surface area contributed by atoms with Crippen molar-refractivity contribution in [1.82, 2.24) is 19.8 Å². The van der Waals surface area contributed by atoms with E-state index >= 15 is 0 Å². The first-order valence-electron chi connectivity index (χ1n) is 17.5. The van der Waals surface area contributed by atoms with Crippen LogP contribution in [0.1, 0.15) is 60.5 Å². The number of aliphatic hydroxyl groups excluding tert-OH is 1. The molecule has 4 aromatic carbocycles. The van der Waals surface area contributed by atoms with E-state index < -0.39 is 16.0 Å². The number of hydrogen-bond donors (Lipinski definition) is 3. The Kier molecular flexibility index (Phi) is 11.1. The second kappa shape index (κ2) is 15.7. The van der Waals surface area contributed by atoms with E-state index in [1.807, 2.05) is 102 Å². The zero-order valence-corrected chi connectivity index (χ0v) is 31.0. The predicted octanol–water partition coefficient (Wildman–Crippen LogP) is 7.60. The van der Waals surface area contributed by atoms with Crippen LogP contribution in [0.4, 0.5) is 0 Å². The monoisotopic (exact) mass is 762 g/mol. The first-order chi connectivity index (χ1) is 25.1. The molecule has 1 aromatic heterocycles. The van der Waals surface area contributed by atoms with Gasteiger partial charge in [-0.3, -0.25) is 9.36 Å². The lowest BCUT2D eigenvalue weighted by molar-refractivity contribution is -0.276. The van der Waals surface area contributed by atoms with Gasteiger partial charge in [0.2, 0.25) is 0 Å². The number of nitrogens with zero attached hydrogens (tertiary/aromatic N) is 2. The van der Waals surface area contributed by atoms with Crippen molar-refractivity contribution in [1.29, 1.82) is 0 Å². The van der Waals surface area contributed by atoms with Crippen LogP contribution in [0.3, 0.4) is 0 Å². The van der Waals surface area contributed by atoms with Crippen molar-refractivity contribution in [2.24, 2.45) is 5.92 Å². The van der Waals surface area contributed by atoms with Crippen LogP contribution in [-0.4, -0.2) is 55.0 Å². The lowest BCUT2D eigenvalue weighted by atomic mass is 9.89. The molecule has 2 aliphatic heterocycles. The number of carbonyl (C=O) groups is 1. The van der Waals surface area contributed by atoms with Crippen LogP contribution < -0.4 is 11.0 Å². The molecule has 2 saturated heterocycles. The van der Waals surface area contributed by atoms with Gasteiger partial charge < -0.3 is 29.8 Å². The minimum Gasteiger partial charge on any atom is -0.392 e. The summed E-state index contributed by atoms with van der Waals surface area (Å²) >= 11 is 17.3. The Labute approximate surface area is 317 Å². The fourth-order valence-corrected chi connectivity index (χ4v) is 7.63. The van der Waals surface area contributed by atoms with Crippen molar-refractivity contribution >= 4 is 51.7 Å². The molecule has 0 unspecified atom stereocenters. The molecule has 7 rings (SSSR count). The molecule has 2 fully saturated rings. The Morgan fingerprint density at radius 2 is 1.58 bits per heavy atom. The third kappa shape index (κ3) is 7.96. The summed E-state index contributed by atoms with van der Waals surface area (Å²) in [6, 6.07) is 31.7. The summed E-state index contributed by atoms with van der Waals surface area (Å²) in [5.41, 5.74) is 7.29. The number of piperidine rings is 1. The number of halogens is 3. The normalized spacial score (nSPS) is 21.7. The van der Waals surface area contributed by atoms with Crippen LogP contribution in [0.25, 0.3) is 22.2 Å². The lowest BCUT2D eigenvalue weighted by Gasteiger charge is -2.44. The average Bonchev–Trinajstić information content (AvgIpc) is 3.50. The first-order valence-corrected chi connectivity index (χ1v) is 18.7. The minimum atomic E-state index is -2.04. The first kappa shape index (κ1) is 36.7. The third-order valence-electron chi connectivity index (χ3n) is 10.3. The van der Waals surface area contributed by atoms with Crippen molar-refractivity contribution in [3.63, 3.8) is 0 Å². The summed E-state index contributed by atoms with van der Waals surface area (Å²) in [6.07, 6.45) is 0.757. The summed E-state index contributed by atoms with van der Waals surface area (Å²) in [4.78, 5) is 30.5. The maximum atomic E-state index is 12.9. The molecule has 0 aliphatic carbocycles. The summed E-state index contributed by atoms with van der Waals surface area (Å²) in [6.45, 7) is 4.77. The fraction of sp³-hybridized carbons (Fsp3) is 0.350. The van der Waals surface area contributed by atoms with Crippen LogP contribution in [-0.2, 0) is 27.4 Å². The number of aliphatic hydroxyl groups is 1. The van der Waals surface area contributed by atoms with Crippen LogP contribution in [0, 0.1) is 5.92 Å². The summed E-state index contributed by atoms with van der Waals surface area (Å²) in [7, 11) is 0. The Morgan fingerprint density at radius 3 is 2.29 bits per heavy atom. The van der Waals surface area contributed by atoms with E-state index in [-0.39, 0.29) is 43.0 Å². The molecule has 272 valence electrons. The zero-order chi connectivity index (χ0) is 36.4. The number of imidazole rings is 1. The number of alkyl halides is 3. The average molecular weight is 764 g/mol. The predicted molar refractivity (Wildman–Crippen MR) is 204 cm³/mol. The quantitative estimate of drug-likeness (QED) is 0.134. The lowest BCUT2D eigenvalue weighted by Crippen LogP contribution is -2.47. The maximum absolute atomic E-state index is 12.9. The van der Waals surface area contributed by atoms with E-state index in [1.54, 1.807) is 0 Å². The van der Waals surface area contributed by atoms with Crippen LogP contribution in [0.5, 0.6) is 0 Å². The zero-order valence-electron chi connectivity index (χ0n) is 28.7. The Bertz CT molecular complexity index is 2050. The van der Waals surface area contributed by atoms with Gasteiger partial charge in [0.05, 0.1) is 29.8 Å².